The zero-order chi connectivity index (χ0) is 17.5. The van der Waals surface area contributed by atoms with Crippen molar-refractivity contribution in [1.82, 2.24) is 0 Å². The molecule has 0 heterocycles. The summed E-state index contributed by atoms with van der Waals surface area (Å²) in [4.78, 5) is 11.9. The molecule has 1 rings (SSSR count). The SMILES string of the molecule is CC(C)CCC(C)OC(=O)C1CCC(O)CC1.CCS.CN. The topological polar surface area (TPSA) is 72.5 Å². The Labute approximate surface area is 142 Å². The maximum Gasteiger partial charge on any atom is 0.309 e. The highest BCUT2D eigenvalue weighted by molar-refractivity contribution is 7.80. The Morgan fingerprint density at radius 2 is 1.64 bits per heavy atom. The van der Waals surface area contributed by atoms with E-state index >= 15 is 0 Å². The van der Waals surface area contributed by atoms with Crippen LogP contribution < -0.4 is 5.73 Å². The zero-order valence-corrected chi connectivity index (χ0v) is 15.9. The smallest absolute Gasteiger partial charge is 0.309 e. The van der Waals surface area contributed by atoms with Crippen LogP contribution in [-0.2, 0) is 9.53 Å². The van der Waals surface area contributed by atoms with E-state index in [0.717, 1.165) is 44.3 Å². The molecule has 0 amide bonds. The second kappa shape index (κ2) is 15.6. The van der Waals surface area contributed by atoms with E-state index in [4.69, 9.17) is 4.74 Å². The van der Waals surface area contributed by atoms with Crippen LogP contribution in [0, 0.1) is 11.8 Å². The summed E-state index contributed by atoms with van der Waals surface area (Å²) in [6.45, 7) is 8.31. The summed E-state index contributed by atoms with van der Waals surface area (Å²) in [5.41, 5.74) is 4.50. The van der Waals surface area contributed by atoms with Crippen molar-refractivity contribution in [3.05, 3.63) is 0 Å². The average molecular weight is 336 g/mol. The number of nitrogens with two attached hydrogens (primary N) is 1. The Kier molecular flexibility index (Phi) is 17.0. The van der Waals surface area contributed by atoms with Crippen molar-refractivity contribution in [3.8, 4) is 0 Å². The summed E-state index contributed by atoms with van der Waals surface area (Å²) in [6.07, 6.45) is 4.87. The molecule has 0 radical (unpaired) electrons. The Morgan fingerprint density at radius 1 is 1.18 bits per heavy atom. The van der Waals surface area contributed by atoms with Crippen LogP contribution >= 0.6 is 12.6 Å². The van der Waals surface area contributed by atoms with Gasteiger partial charge in [-0.1, -0.05) is 20.8 Å². The van der Waals surface area contributed by atoms with Gasteiger partial charge >= 0.3 is 5.97 Å². The number of rotatable bonds is 5. The van der Waals surface area contributed by atoms with E-state index in [0.29, 0.717) is 5.92 Å². The molecule has 1 aliphatic rings. The number of esters is 1. The van der Waals surface area contributed by atoms with Crippen LogP contribution in [0.5, 0.6) is 0 Å². The predicted molar refractivity (Wildman–Crippen MR) is 97.2 cm³/mol. The van der Waals surface area contributed by atoms with Gasteiger partial charge in [-0.15, -0.1) is 0 Å². The lowest BCUT2D eigenvalue weighted by Gasteiger charge is -2.25. The molecule has 3 N–H and O–H groups in total. The third kappa shape index (κ3) is 13.4. The van der Waals surface area contributed by atoms with Crippen LogP contribution in [0.15, 0.2) is 0 Å². The van der Waals surface area contributed by atoms with Crippen molar-refractivity contribution in [2.24, 2.45) is 17.6 Å². The minimum atomic E-state index is -0.211. The van der Waals surface area contributed by atoms with Crippen LogP contribution in [0.4, 0.5) is 0 Å². The largest absolute Gasteiger partial charge is 0.462 e. The van der Waals surface area contributed by atoms with E-state index in [-0.39, 0.29) is 24.1 Å². The molecule has 0 aromatic rings. The molecule has 0 saturated heterocycles. The third-order valence-electron chi connectivity index (χ3n) is 3.50. The molecule has 1 saturated carbocycles. The van der Waals surface area contributed by atoms with Gasteiger partial charge in [0.15, 0.2) is 0 Å². The summed E-state index contributed by atoms with van der Waals surface area (Å²) in [5.74, 6) is 1.55. The second-order valence-corrected chi connectivity index (χ2v) is 6.67. The monoisotopic (exact) mass is 335 g/mol. The molecule has 1 unspecified atom stereocenters. The van der Waals surface area contributed by atoms with Crippen molar-refractivity contribution in [3.63, 3.8) is 0 Å². The van der Waals surface area contributed by atoms with E-state index in [1.54, 1.807) is 0 Å². The van der Waals surface area contributed by atoms with Crippen molar-refractivity contribution < 1.29 is 14.6 Å². The number of carbonyl (C=O) groups excluding carboxylic acids is 1. The first-order valence-corrected chi connectivity index (χ1v) is 9.11. The van der Waals surface area contributed by atoms with Crippen molar-refractivity contribution in [2.75, 3.05) is 12.8 Å². The highest BCUT2D eigenvalue weighted by Gasteiger charge is 2.27. The maximum absolute atomic E-state index is 11.9. The Morgan fingerprint density at radius 3 is 2.05 bits per heavy atom. The molecule has 0 bridgehead atoms. The molecule has 134 valence electrons. The normalized spacial score (nSPS) is 21.9. The van der Waals surface area contributed by atoms with Gasteiger partial charge in [0.2, 0.25) is 0 Å². The summed E-state index contributed by atoms with van der Waals surface area (Å²) in [5, 5.41) is 9.38. The van der Waals surface area contributed by atoms with E-state index in [2.05, 4.69) is 32.2 Å². The fourth-order valence-electron chi connectivity index (χ4n) is 2.23. The predicted octanol–water partition coefficient (Wildman–Crippen LogP) is 3.42. The van der Waals surface area contributed by atoms with Gasteiger partial charge in [-0.3, -0.25) is 4.79 Å². The molecule has 22 heavy (non-hydrogen) atoms. The number of carbonyl (C=O) groups is 1. The highest BCUT2D eigenvalue weighted by Crippen LogP contribution is 2.26. The molecule has 1 atom stereocenters. The Hall–Kier alpha value is -0.260. The van der Waals surface area contributed by atoms with Gasteiger partial charge in [-0.2, -0.15) is 12.6 Å². The number of thiol groups is 1. The van der Waals surface area contributed by atoms with Gasteiger partial charge in [-0.05, 0) is 64.2 Å². The molecular weight excluding hydrogens is 298 g/mol. The maximum atomic E-state index is 11.9. The second-order valence-electron chi connectivity index (χ2n) is 6.04. The summed E-state index contributed by atoms with van der Waals surface area (Å²) < 4.78 is 5.45. The highest BCUT2D eigenvalue weighted by atomic mass is 32.1. The first-order chi connectivity index (χ1) is 10.4. The van der Waals surface area contributed by atoms with Crippen LogP contribution in [0.25, 0.3) is 0 Å². The van der Waals surface area contributed by atoms with Gasteiger partial charge in [0.1, 0.15) is 0 Å². The molecule has 0 aromatic carbocycles. The molecule has 0 aromatic heterocycles. The first-order valence-electron chi connectivity index (χ1n) is 8.47. The van der Waals surface area contributed by atoms with E-state index in [1.807, 2.05) is 13.8 Å². The molecular formula is C17H37NO3S. The lowest BCUT2D eigenvalue weighted by atomic mass is 9.87. The van der Waals surface area contributed by atoms with Gasteiger partial charge in [-0.25, -0.2) is 0 Å². The summed E-state index contributed by atoms with van der Waals surface area (Å²) >= 11 is 3.79. The molecule has 5 heteroatoms. The number of hydrogen-bond donors (Lipinski definition) is 3. The third-order valence-corrected chi connectivity index (χ3v) is 3.50. The lowest BCUT2D eigenvalue weighted by Crippen LogP contribution is -2.28. The Balaban J connectivity index is 0. The fourth-order valence-corrected chi connectivity index (χ4v) is 2.23. The van der Waals surface area contributed by atoms with E-state index in [9.17, 15) is 9.90 Å². The van der Waals surface area contributed by atoms with E-state index in [1.165, 1.54) is 7.05 Å². The lowest BCUT2D eigenvalue weighted by molar-refractivity contribution is -0.155. The Bertz CT molecular complexity index is 254. The van der Waals surface area contributed by atoms with Gasteiger partial charge in [0.05, 0.1) is 18.1 Å². The fraction of sp³-hybridized carbons (Fsp3) is 0.941. The molecule has 0 spiro atoms. The summed E-state index contributed by atoms with van der Waals surface area (Å²) in [7, 11) is 1.50. The minimum Gasteiger partial charge on any atom is -0.462 e. The van der Waals surface area contributed by atoms with Gasteiger partial charge in [0.25, 0.3) is 0 Å². The number of hydrogen-bond acceptors (Lipinski definition) is 5. The standard InChI is InChI=1S/C14H26O3.C2H6S.CH5N/c1-10(2)4-5-11(3)17-14(16)12-6-8-13(15)9-7-12;1-2-3;1-2/h10-13,15H,4-9H2,1-3H3;3H,2H2,1H3;2H2,1H3. The first kappa shape index (κ1) is 24.0. The van der Waals surface area contributed by atoms with Crippen LogP contribution in [0.1, 0.15) is 66.2 Å². The van der Waals surface area contributed by atoms with Gasteiger partial charge < -0.3 is 15.6 Å². The van der Waals surface area contributed by atoms with Crippen molar-refractivity contribution >= 4 is 18.6 Å². The minimum absolute atomic E-state index is 0.0138. The van der Waals surface area contributed by atoms with Crippen molar-refractivity contribution in [1.29, 1.82) is 0 Å². The molecule has 1 aliphatic carbocycles. The number of aliphatic hydroxyl groups excluding tert-OH is 1. The van der Waals surface area contributed by atoms with Gasteiger partial charge in [0, 0.05) is 0 Å². The molecule has 4 nitrogen and oxygen atoms in total. The quantitative estimate of drug-likeness (QED) is 0.532. The number of ether oxygens (including phenoxy) is 1. The molecule has 0 aliphatic heterocycles. The van der Waals surface area contributed by atoms with Crippen LogP contribution in [0.3, 0.4) is 0 Å². The average Bonchev–Trinajstić information content (AvgIpc) is 2.48. The van der Waals surface area contributed by atoms with E-state index < -0.39 is 0 Å². The summed E-state index contributed by atoms with van der Waals surface area (Å²) in [6, 6.07) is 0. The van der Waals surface area contributed by atoms with Crippen LogP contribution in [0.2, 0.25) is 0 Å². The van der Waals surface area contributed by atoms with Crippen molar-refractivity contribution in [2.45, 2.75) is 78.4 Å². The zero-order valence-electron chi connectivity index (χ0n) is 15.0. The molecule has 1 fully saturated rings. The number of aliphatic hydroxyl groups is 1. The van der Waals surface area contributed by atoms with Crippen LogP contribution in [-0.4, -0.2) is 36.1 Å².